The van der Waals surface area contributed by atoms with Crippen LogP contribution in [0.15, 0.2) is 23.4 Å². The fourth-order valence-corrected chi connectivity index (χ4v) is 3.64. The molecule has 2 saturated heterocycles. The van der Waals surface area contributed by atoms with E-state index in [1.54, 1.807) is 0 Å². The predicted octanol–water partition coefficient (Wildman–Crippen LogP) is 2.64. The molecule has 2 atom stereocenters. The molecule has 2 unspecified atom stereocenters. The summed E-state index contributed by atoms with van der Waals surface area (Å²) in [6, 6.07) is 0.732. The van der Waals surface area contributed by atoms with E-state index < -0.39 is 0 Å². The van der Waals surface area contributed by atoms with E-state index in [0.717, 1.165) is 6.04 Å². The third kappa shape index (κ3) is 2.76. The number of likely N-dealkylation sites (tertiary alicyclic amines) is 1. The molecule has 0 aromatic heterocycles. The van der Waals surface area contributed by atoms with Crippen LogP contribution in [0.5, 0.6) is 0 Å². The van der Waals surface area contributed by atoms with Gasteiger partial charge < -0.3 is 10.2 Å². The summed E-state index contributed by atoms with van der Waals surface area (Å²) < 4.78 is 0. The van der Waals surface area contributed by atoms with Gasteiger partial charge in [-0.25, -0.2) is 0 Å². The van der Waals surface area contributed by atoms with Crippen molar-refractivity contribution in [3.8, 4) is 0 Å². The van der Waals surface area contributed by atoms with Crippen molar-refractivity contribution in [3.63, 3.8) is 0 Å². The van der Waals surface area contributed by atoms with Crippen LogP contribution in [0.4, 0.5) is 0 Å². The summed E-state index contributed by atoms with van der Waals surface area (Å²) in [7, 11) is 6.21. The maximum absolute atomic E-state index is 6.21. The predicted molar refractivity (Wildman–Crippen MR) is 81.3 cm³/mol. The molecule has 1 N–H and O–H groups in total. The second-order valence-corrected chi connectivity index (χ2v) is 6.31. The van der Waals surface area contributed by atoms with E-state index in [-0.39, 0.29) is 5.82 Å². The van der Waals surface area contributed by atoms with Crippen LogP contribution < -0.4 is 5.32 Å². The quantitative estimate of drug-likeness (QED) is 0.725. The maximum Gasteiger partial charge on any atom is 0.0763 e. The van der Waals surface area contributed by atoms with E-state index >= 15 is 0 Å². The molecule has 2 heterocycles. The lowest BCUT2D eigenvalue weighted by Crippen LogP contribution is -2.43. The van der Waals surface area contributed by atoms with E-state index in [2.05, 4.69) is 29.3 Å². The van der Waals surface area contributed by atoms with Crippen LogP contribution in [0.2, 0.25) is 5.82 Å². The molecule has 0 saturated carbocycles. The molecule has 3 heteroatoms. The van der Waals surface area contributed by atoms with E-state index in [1.165, 1.54) is 63.0 Å². The number of hydrogen-bond donors (Lipinski definition) is 1. The largest absolute Gasteiger partial charge is 0.368 e. The van der Waals surface area contributed by atoms with E-state index in [1.807, 2.05) is 0 Å². The van der Waals surface area contributed by atoms with Crippen molar-refractivity contribution in [2.45, 2.75) is 50.9 Å². The molecule has 0 bridgehead atoms. The smallest absolute Gasteiger partial charge is 0.0763 e. The molecule has 19 heavy (non-hydrogen) atoms. The summed E-state index contributed by atoms with van der Waals surface area (Å²) in [6.45, 7) is 5.82. The Bertz CT molecular complexity index is 382. The molecule has 2 fully saturated rings. The van der Waals surface area contributed by atoms with Gasteiger partial charge in [-0.05, 0) is 56.7 Å². The number of nitrogens with zero attached hydrogens (tertiary/aromatic N) is 1. The van der Waals surface area contributed by atoms with E-state index in [0.29, 0.717) is 5.92 Å². The molecule has 0 amide bonds. The van der Waals surface area contributed by atoms with Crippen molar-refractivity contribution in [1.29, 1.82) is 0 Å². The number of allylic oxidation sites excluding steroid dienone is 3. The molecule has 0 spiro atoms. The Hall–Kier alpha value is -0.695. The second kappa shape index (κ2) is 5.74. The van der Waals surface area contributed by atoms with Gasteiger partial charge in [0.25, 0.3) is 0 Å². The zero-order chi connectivity index (χ0) is 13.2. The first kappa shape index (κ1) is 13.3. The fourth-order valence-electron chi connectivity index (χ4n) is 3.64. The van der Waals surface area contributed by atoms with Crippen molar-refractivity contribution in [2.24, 2.45) is 5.92 Å². The lowest BCUT2D eigenvalue weighted by Gasteiger charge is -2.39. The molecule has 2 aliphatic heterocycles. The maximum atomic E-state index is 6.21. The van der Waals surface area contributed by atoms with Crippen molar-refractivity contribution >= 4 is 7.85 Å². The number of nitrogens with one attached hydrogen (secondary N) is 1. The van der Waals surface area contributed by atoms with Gasteiger partial charge in [-0.1, -0.05) is 24.9 Å². The second-order valence-electron chi connectivity index (χ2n) is 6.31. The Morgan fingerprint density at radius 2 is 2.00 bits per heavy atom. The van der Waals surface area contributed by atoms with E-state index in [9.17, 15) is 0 Å². The minimum absolute atomic E-state index is 0.215. The number of piperidine rings is 1. The molecule has 3 rings (SSSR count). The Labute approximate surface area is 118 Å². The van der Waals surface area contributed by atoms with Gasteiger partial charge in [-0.15, -0.1) is 0 Å². The van der Waals surface area contributed by atoms with Gasteiger partial charge in [0.2, 0.25) is 0 Å². The molecular formula is C16H25BN2. The highest BCUT2D eigenvalue weighted by molar-refractivity contribution is 6.13. The molecule has 1 aliphatic carbocycles. The number of fused-ring (bicyclic) bond motifs is 1. The summed E-state index contributed by atoms with van der Waals surface area (Å²) in [5.74, 6) is 0.688. The molecule has 0 aromatic carbocycles. The van der Waals surface area contributed by atoms with Gasteiger partial charge in [0, 0.05) is 18.3 Å². The van der Waals surface area contributed by atoms with Crippen LogP contribution in [0.1, 0.15) is 39.0 Å². The lowest BCUT2D eigenvalue weighted by atomic mass is 9.72. The topological polar surface area (TPSA) is 15.3 Å². The Morgan fingerprint density at radius 1 is 1.21 bits per heavy atom. The monoisotopic (exact) mass is 256 g/mol. The van der Waals surface area contributed by atoms with Gasteiger partial charge in [0.05, 0.1) is 7.85 Å². The molecule has 2 nitrogen and oxygen atoms in total. The minimum Gasteiger partial charge on any atom is -0.368 e. The molecule has 0 aromatic rings. The highest BCUT2D eigenvalue weighted by atomic mass is 15.2. The molecule has 102 valence electrons. The van der Waals surface area contributed by atoms with Crippen LogP contribution in [0.25, 0.3) is 0 Å². The van der Waals surface area contributed by atoms with Crippen molar-refractivity contribution in [1.82, 2.24) is 10.2 Å². The highest BCUT2D eigenvalue weighted by Gasteiger charge is 2.29. The van der Waals surface area contributed by atoms with Gasteiger partial charge >= 0.3 is 0 Å². The third-order valence-electron chi connectivity index (χ3n) is 4.90. The first-order valence-corrected chi connectivity index (χ1v) is 7.91. The van der Waals surface area contributed by atoms with Crippen molar-refractivity contribution < 1.29 is 0 Å². The standard InChI is InChI=1S/C16H25BN2/c1-12-10-16-13(11-15(12)17)4-2-3-9-19(16)14-5-7-18-8-6-14/h10-12,14-15,18H,2-9H2,1H3. The van der Waals surface area contributed by atoms with Crippen LogP contribution in [-0.2, 0) is 0 Å². The fraction of sp³-hybridized carbons (Fsp3) is 0.750. The van der Waals surface area contributed by atoms with Gasteiger partial charge in [0.15, 0.2) is 0 Å². The Balaban J connectivity index is 1.85. The summed E-state index contributed by atoms with van der Waals surface area (Å²) in [6.07, 6.45) is 11.2. The number of hydrogen-bond acceptors (Lipinski definition) is 2. The average molecular weight is 256 g/mol. The zero-order valence-corrected chi connectivity index (χ0v) is 12.1. The highest BCUT2D eigenvalue weighted by Crippen LogP contribution is 2.37. The summed E-state index contributed by atoms with van der Waals surface area (Å²) in [4.78, 5) is 2.70. The lowest BCUT2D eigenvalue weighted by molar-refractivity contribution is 0.211. The SMILES string of the molecule is [B]C1C=C2CCCCN(C3CCNCC3)C2=CC1C. The van der Waals surface area contributed by atoms with Crippen molar-refractivity contribution in [2.75, 3.05) is 19.6 Å². The van der Waals surface area contributed by atoms with Crippen molar-refractivity contribution in [3.05, 3.63) is 23.4 Å². The van der Waals surface area contributed by atoms with Gasteiger partial charge in [-0.3, -0.25) is 0 Å². The van der Waals surface area contributed by atoms with Gasteiger partial charge in [-0.2, -0.15) is 0 Å². The minimum atomic E-state index is 0.215. The molecule has 3 aliphatic rings. The normalized spacial score (nSPS) is 33.2. The zero-order valence-electron chi connectivity index (χ0n) is 12.1. The summed E-state index contributed by atoms with van der Waals surface area (Å²) in [5, 5.41) is 3.48. The summed E-state index contributed by atoms with van der Waals surface area (Å²) >= 11 is 0. The third-order valence-corrected chi connectivity index (χ3v) is 4.90. The van der Waals surface area contributed by atoms with Crippen LogP contribution in [0, 0.1) is 5.92 Å². The van der Waals surface area contributed by atoms with Crippen LogP contribution >= 0.6 is 0 Å². The van der Waals surface area contributed by atoms with Gasteiger partial charge in [0.1, 0.15) is 0 Å². The molecular weight excluding hydrogens is 231 g/mol. The van der Waals surface area contributed by atoms with E-state index in [4.69, 9.17) is 7.85 Å². The first-order chi connectivity index (χ1) is 9.25. The Morgan fingerprint density at radius 3 is 2.79 bits per heavy atom. The Kier molecular flexibility index (Phi) is 4.02. The van der Waals surface area contributed by atoms with Crippen LogP contribution in [-0.4, -0.2) is 38.4 Å². The summed E-state index contributed by atoms with van der Waals surface area (Å²) in [5.41, 5.74) is 3.03. The number of rotatable bonds is 1. The first-order valence-electron chi connectivity index (χ1n) is 7.91. The van der Waals surface area contributed by atoms with Crippen LogP contribution in [0.3, 0.4) is 0 Å². The molecule has 2 radical (unpaired) electrons. The average Bonchev–Trinajstić information content (AvgIpc) is 2.63.